The fraction of sp³-hybridized carbons (Fsp3) is 0.172. The molecule has 0 aliphatic rings. The molecule has 0 fully saturated rings. The second kappa shape index (κ2) is 9.15. The van der Waals surface area contributed by atoms with Crippen LogP contribution in [0, 0.1) is 6.92 Å². The van der Waals surface area contributed by atoms with Crippen molar-refractivity contribution in [2.24, 2.45) is 0 Å². The quantitative estimate of drug-likeness (QED) is 0.253. The lowest BCUT2D eigenvalue weighted by molar-refractivity contribution is -0.136. The molecule has 2 aromatic heterocycles. The second-order valence-electron chi connectivity index (χ2n) is 8.90. The van der Waals surface area contributed by atoms with Crippen molar-refractivity contribution in [2.75, 3.05) is 0 Å². The van der Waals surface area contributed by atoms with Gasteiger partial charge in [0.1, 0.15) is 11.4 Å². The Morgan fingerprint density at radius 2 is 1.47 bits per heavy atom. The summed E-state index contributed by atoms with van der Waals surface area (Å²) in [5, 5.41) is 4.62. The molecular formula is C29H24F3N3O. The van der Waals surface area contributed by atoms with E-state index in [9.17, 15) is 13.2 Å². The van der Waals surface area contributed by atoms with E-state index in [0.717, 1.165) is 11.6 Å². The van der Waals surface area contributed by atoms with E-state index in [0.29, 0.717) is 22.6 Å². The van der Waals surface area contributed by atoms with Crippen LogP contribution in [-0.4, -0.2) is 20.9 Å². The topological polar surface area (TPSA) is 39.9 Å². The van der Waals surface area contributed by atoms with Gasteiger partial charge in [-0.2, -0.15) is 18.3 Å². The number of rotatable bonds is 5. The number of hydrogen-bond acceptors (Lipinski definition) is 3. The normalized spacial score (nSPS) is 11.9. The Balaban J connectivity index is 1.79. The van der Waals surface area contributed by atoms with Gasteiger partial charge in [0, 0.05) is 11.1 Å². The molecule has 0 N–H and O–H groups in total. The lowest BCUT2D eigenvalue weighted by Gasteiger charge is -2.13. The summed E-state index contributed by atoms with van der Waals surface area (Å²) in [5.41, 5.74) is 2.59. The van der Waals surface area contributed by atoms with Gasteiger partial charge in [0.05, 0.1) is 28.4 Å². The van der Waals surface area contributed by atoms with E-state index in [1.54, 1.807) is 48.5 Å². The number of nitrogens with zero attached hydrogens (tertiary/aromatic N) is 3. The molecule has 5 aromatic rings. The minimum absolute atomic E-state index is 0.0115. The maximum Gasteiger partial charge on any atom is 0.417 e. The van der Waals surface area contributed by atoms with Crippen molar-refractivity contribution in [3.8, 4) is 34.0 Å². The summed E-state index contributed by atoms with van der Waals surface area (Å²) in [6.07, 6.45) is -4.62. The Bertz CT molecular complexity index is 1500. The van der Waals surface area contributed by atoms with Gasteiger partial charge >= 0.3 is 6.18 Å². The predicted octanol–water partition coefficient (Wildman–Crippen LogP) is 7.87. The van der Waals surface area contributed by atoms with Gasteiger partial charge in [-0.25, -0.2) is 9.67 Å². The molecule has 0 aliphatic heterocycles. The first kappa shape index (κ1) is 23.6. The monoisotopic (exact) mass is 487 g/mol. The average molecular weight is 488 g/mol. The number of ether oxygens (including phenoxy) is 1. The van der Waals surface area contributed by atoms with Crippen molar-refractivity contribution in [3.05, 3.63) is 96.1 Å². The van der Waals surface area contributed by atoms with E-state index in [-0.39, 0.29) is 28.5 Å². The SMILES string of the molecule is Cc1ccc(-c2nn(-c3ccccc3)c3nc(-c4ccc(OC(C)C)cc4)cc(C(F)(F)F)c23)cc1. The van der Waals surface area contributed by atoms with Gasteiger partial charge in [-0.05, 0) is 63.2 Å². The Kier molecular flexibility index (Phi) is 6.00. The molecule has 0 unspecified atom stereocenters. The van der Waals surface area contributed by atoms with Gasteiger partial charge in [-0.3, -0.25) is 0 Å². The van der Waals surface area contributed by atoms with Crippen molar-refractivity contribution in [1.82, 2.24) is 14.8 Å². The van der Waals surface area contributed by atoms with Crippen LogP contribution < -0.4 is 4.74 Å². The van der Waals surface area contributed by atoms with Crippen molar-refractivity contribution < 1.29 is 17.9 Å². The summed E-state index contributed by atoms with van der Waals surface area (Å²) in [6.45, 7) is 5.75. The molecule has 3 aromatic carbocycles. The van der Waals surface area contributed by atoms with Gasteiger partial charge in [0.25, 0.3) is 0 Å². The minimum Gasteiger partial charge on any atom is -0.491 e. The van der Waals surface area contributed by atoms with Crippen LogP contribution in [-0.2, 0) is 6.18 Å². The third kappa shape index (κ3) is 4.56. The minimum atomic E-state index is -4.61. The van der Waals surface area contributed by atoms with E-state index in [1.807, 2.05) is 51.1 Å². The summed E-state index contributed by atoms with van der Waals surface area (Å²) in [5.74, 6) is 0.641. The first-order valence-electron chi connectivity index (χ1n) is 11.6. The molecule has 2 heterocycles. The lowest BCUT2D eigenvalue weighted by Crippen LogP contribution is -2.08. The lowest BCUT2D eigenvalue weighted by atomic mass is 10.0. The van der Waals surface area contributed by atoms with Crippen LogP contribution in [0.1, 0.15) is 25.0 Å². The van der Waals surface area contributed by atoms with Crippen molar-refractivity contribution in [1.29, 1.82) is 0 Å². The molecule has 7 heteroatoms. The average Bonchev–Trinajstić information content (AvgIpc) is 3.23. The number of alkyl halides is 3. The molecule has 0 atom stereocenters. The van der Waals surface area contributed by atoms with Crippen LogP contribution in [0.5, 0.6) is 5.75 Å². The molecule has 0 saturated carbocycles. The number of aromatic nitrogens is 3. The highest BCUT2D eigenvalue weighted by molar-refractivity contribution is 5.96. The Morgan fingerprint density at radius 3 is 2.08 bits per heavy atom. The number of halogens is 3. The van der Waals surface area contributed by atoms with E-state index in [4.69, 9.17) is 9.72 Å². The summed E-state index contributed by atoms with van der Waals surface area (Å²) >= 11 is 0. The summed E-state index contributed by atoms with van der Waals surface area (Å²) in [7, 11) is 0. The molecule has 5 rings (SSSR count). The molecule has 4 nitrogen and oxygen atoms in total. The molecule has 36 heavy (non-hydrogen) atoms. The number of benzene rings is 3. The van der Waals surface area contributed by atoms with Crippen molar-refractivity contribution in [2.45, 2.75) is 33.1 Å². The van der Waals surface area contributed by atoms with E-state index < -0.39 is 11.7 Å². The smallest absolute Gasteiger partial charge is 0.417 e. The molecule has 0 aliphatic carbocycles. The first-order valence-corrected chi connectivity index (χ1v) is 11.6. The van der Waals surface area contributed by atoms with Crippen LogP contribution in [0.3, 0.4) is 0 Å². The highest BCUT2D eigenvalue weighted by Gasteiger charge is 2.36. The van der Waals surface area contributed by atoms with E-state index in [1.165, 1.54) is 4.68 Å². The number of fused-ring (bicyclic) bond motifs is 1. The van der Waals surface area contributed by atoms with Gasteiger partial charge in [-0.15, -0.1) is 0 Å². The number of aryl methyl sites for hydroxylation is 1. The molecule has 0 spiro atoms. The molecule has 182 valence electrons. The molecular weight excluding hydrogens is 463 g/mol. The standard InChI is InChI=1S/C29H24F3N3O/c1-18(2)36-23-15-13-20(14-16-23)25-17-24(29(30,31)32)26-27(21-11-9-19(3)10-12-21)34-35(28(26)33-25)22-7-5-4-6-8-22/h4-18H,1-3H3. The van der Waals surface area contributed by atoms with Gasteiger partial charge in [0.2, 0.25) is 0 Å². The molecule has 0 radical (unpaired) electrons. The fourth-order valence-electron chi connectivity index (χ4n) is 4.13. The zero-order chi connectivity index (χ0) is 25.4. The summed E-state index contributed by atoms with van der Waals surface area (Å²) in [6, 6.07) is 24.4. The molecule has 0 saturated heterocycles. The van der Waals surface area contributed by atoms with E-state index >= 15 is 0 Å². The van der Waals surface area contributed by atoms with Crippen LogP contribution in [0.2, 0.25) is 0 Å². The van der Waals surface area contributed by atoms with Gasteiger partial charge in [0.15, 0.2) is 5.65 Å². The molecule has 0 amide bonds. The van der Waals surface area contributed by atoms with Crippen molar-refractivity contribution >= 4 is 11.0 Å². The Labute approximate surface area is 207 Å². The largest absolute Gasteiger partial charge is 0.491 e. The van der Waals surface area contributed by atoms with Crippen LogP contribution >= 0.6 is 0 Å². The summed E-state index contributed by atoms with van der Waals surface area (Å²) < 4.78 is 50.7. The zero-order valence-corrected chi connectivity index (χ0v) is 20.0. The summed E-state index contributed by atoms with van der Waals surface area (Å²) in [4.78, 5) is 4.71. The van der Waals surface area contributed by atoms with E-state index in [2.05, 4.69) is 5.10 Å². The highest BCUT2D eigenvalue weighted by atomic mass is 19.4. The number of hydrogen-bond donors (Lipinski definition) is 0. The van der Waals surface area contributed by atoms with Crippen LogP contribution in [0.15, 0.2) is 84.9 Å². The fourth-order valence-corrected chi connectivity index (χ4v) is 4.13. The van der Waals surface area contributed by atoms with Gasteiger partial charge < -0.3 is 4.74 Å². The number of pyridine rings is 1. The first-order chi connectivity index (χ1) is 17.2. The molecule has 0 bridgehead atoms. The van der Waals surface area contributed by atoms with Crippen LogP contribution in [0.25, 0.3) is 39.2 Å². The van der Waals surface area contributed by atoms with Gasteiger partial charge in [-0.1, -0.05) is 48.0 Å². The highest BCUT2D eigenvalue weighted by Crippen LogP contribution is 2.41. The maximum absolute atomic E-state index is 14.5. The Hall–Kier alpha value is -4.13. The number of para-hydroxylation sites is 1. The van der Waals surface area contributed by atoms with Crippen molar-refractivity contribution in [3.63, 3.8) is 0 Å². The predicted molar refractivity (Wildman–Crippen MR) is 135 cm³/mol. The van der Waals surface area contributed by atoms with Crippen LogP contribution in [0.4, 0.5) is 13.2 Å². The second-order valence-corrected chi connectivity index (χ2v) is 8.90. The third-order valence-corrected chi connectivity index (χ3v) is 5.79. The zero-order valence-electron chi connectivity index (χ0n) is 20.0. The third-order valence-electron chi connectivity index (χ3n) is 5.79. The Morgan fingerprint density at radius 1 is 0.833 bits per heavy atom. The maximum atomic E-state index is 14.5.